The van der Waals surface area contributed by atoms with Gasteiger partial charge >= 0.3 is 5.97 Å². The Morgan fingerprint density at radius 2 is 1.85 bits per heavy atom. The number of aromatic nitrogens is 2. The quantitative estimate of drug-likeness (QED) is 0.650. The van der Waals surface area contributed by atoms with Gasteiger partial charge in [-0.2, -0.15) is 5.10 Å². The van der Waals surface area contributed by atoms with Gasteiger partial charge in [0.05, 0.1) is 29.6 Å². The van der Waals surface area contributed by atoms with Gasteiger partial charge in [-0.25, -0.2) is 9.48 Å². The Bertz CT molecular complexity index is 936. The van der Waals surface area contributed by atoms with Gasteiger partial charge in [0.1, 0.15) is 0 Å². The summed E-state index contributed by atoms with van der Waals surface area (Å²) in [5, 5.41) is 15.4. The number of hydrogen-bond donors (Lipinski definition) is 1. The number of carbonyl (C=O) groups is 1. The van der Waals surface area contributed by atoms with E-state index >= 15 is 0 Å². The van der Waals surface area contributed by atoms with E-state index in [0.29, 0.717) is 27.0 Å². The smallest absolute Gasteiger partial charge is 0.359 e. The largest absolute Gasteiger partial charge is 0.461 e. The van der Waals surface area contributed by atoms with Gasteiger partial charge in [0.2, 0.25) is 0 Å². The maximum absolute atomic E-state index is 12.3. The molecule has 134 valence electrons. The molecule has 0 unspecified atom stereocenters. The van der Waals surface area contributed by atoms with Crippen molar-refractivity contribution in [1.82, 2.24) is 9.78 Å². The highest BCUT2D eigenvalue weighted by Crippen LogP contribution is 2.32. The minimum atomic E-state index is -0.599. The molecule has 0 bridgehead atoms. The van der Waals surface area contributed by atoms with E-state index in [1.807, 2.05) is 6.07 Å². The Balaban J connectivity index is 2.30. The van der Waals surface area contributed by atoms with E-state index in [0.717, 1.165) is 5.56 Å². The maximum Gasteiger partial charge on any atom is 0.359 e. The molecule has 3 aromatic rings. The predicted molar refractivity (Wildman–Crippen MR) is 101 cm³/mol. The summed E-state index contributed by atoms with van der Waals surface area (Å²) in [5.41, 5.74) is 2.30. The molecule has 0 spiro atoms. The molecule has 0 saturated carbocycles. The number of ether oxygens (including phenoxy) is 1. The summed E-state index contributed by atoms with van der Waals surface area (Å²) in [7, 11) is 0. The molecule has 0 amide bonds. The van der Waals surface area contributed by atoms with Crippen molar-refractivity contribution in [3.63, 3.8) is 0 Å². The van der Waals surface area contributed by atoms with Gasteiger partial charge in [-0.1, -0.05) is 47.5 Å². The second-order valence-corrected chi connectivity index (χ2v) is 6.27. The number of aliphatic hydroxyl groups excluding tert-OH is 1. The predicted octanol–water partition coefficient (Wildman–Crippen LogP) is 4.52. The lowest BCUT2D eigenvalue weighted by molar-refractivity contribution is 0.0515. The van der Waals surface area contributed by atoms with Crippen LogP contribution in [0.25, 0.3) is 16.9 Å². The second kappa shape index (κ2) is 7.91. The molecular weight excluding hydrogens is 375 g/mol. The van der Waals surface area contributed by atoms with Crippen molar-refractivity contribution < 1.29 is 14.6 Å². The molecule has 0 aliphatic rings. The van der Waals surface area contributed by atoms with E-state index in [-0.39, 0.29) is 18.9 Å². The van der Waals surface area contributed by atoms with E-state index < -0.39 is 5.97 Å². The monoisotopic (exact) mass is 390 g/mol. The Morgan fingerprint density at radius 1 is 1.15 bits per heavy atom. The summed E-state index contributed by atoms with van der Waals surface area (Å²) in [6, 6.07) is 14.2. The molecule has 0 saturated heterocycles. The minimum Gasteiger partial charge on any atom is -0.461 e. The number of para-hydroxylation sites is 1. The molecule has 1 aromatic heterocycles. The zero-order valence-corrected chi connectivity index (χ0v) is 15.5. The Kier molecular flexibility index (Phi) is 5.61. The van der Waals surface area contributed by atoms with Gasteiger partial charge in [-0.3, -0.25) is 0 Å². The molecular formula is C19H16Cl2N2O3. The lowest BCUT2D eigenvalue weighted by Gasteiger charge is -2.11. The number of carbonyl (C=O) groups excluding carboxylic acids is 1. The first kappa shape index (κ1) is 18.5. The van der Waals surface area contributed by atoms with Crippen LogP contribution in [0.5, 0.6) is 0 Å². The lowest BCUT2D eigenvalue weighted by atomic mass is 10.1. The average Bonchev–Trinajstić information content (AvgIpc) is 3.02. The summed E-state index contributed by atoms with van der Waals surface area (Å²) in [6.07, 6.45) is 0. The van der Waals surface area contributed by atoms with Crippen LogP contribution in [0.1, 0.15) is 23.0 Å². The SMILES string of the molecule is CCOC(=O)c1nn(-c2ccccc2Cl)c(-c2ccc(Cl)cc2)c1CO. The molecule has 0 aliphatic carbocycles. The van der Waals surface area contributed by atoms with Gasteiger partial charge < -0.3 is 9.84 Å². The van der Waals surface area contributed by atoms with Crippen LogP contribution in [0.3, 0.4) is 0 Å². The Hall–Kier alpha value is -2.34. The normalized spacial score (nSPS) is 10.8. The van der Waals surface area contributed by atoms with Crippen LogP contribution in [-0.4, -0.2) is 27.5 Å². The van der Waals surface area contributed by atoms with Crippen LogP contribution in [0.15, 0.2) is 48.5 Å². The molecule has 7 heteroatoms. The standard InChI is InChI=1S/C19H16Cl2N2O3/c1-2-26-19(25)17-14(11-24)18(12-7-9-13(20)10-8-12)23(22-17)16-6-4-3-5-15(16)21/h3-10,24H,2,11H2,1H3. The third-order valence-corrected chi connectivity index (χ3v) is 4.38. The fourth-order valence-corrected chi connectivity index (χ4v) is 3.01. The Labute approximate surface area is 160 Å². The van der Waals surface area contributed by atoms with Crippen LogP contribution in [0, 0.1) is 0 Å². The summed E-state index contributed by atoms with van der Waals surface area (Å²) in [5.74, 6) is -0.599. The van der Waals surface area contributed by atoms with E-state index in [1.54, 1.807) is 54.1 Å². The van der Waals surface area contributed by atoms with Crippen molar-refractivity contribution in [2.24, 2.45) is 0 Å². The summed E-state index contributed by atoms with van der Waals surface area (Å²) >= 11 is 12.3. The molecule has 1 heterocycles. The first-order valence-corrected chi connectivity index (χ1v) is 8.73. The molecule has 2 aromatic carbocycles. The van der Waals surface area contributed by atoms with Crippen LogP contribution >= 0.6 is 23.2 Å². The molecule has 3 rings (SSSR count). The zero-order chi connectivity index (χ0) is 18.7. The first-order valence-electron chi connectivity index (χ1n) is 7.97. The maximum atomic E-state index is 12.3. The summed E-state index contributed by atoms with van der Waals surface area (Å²) in [6.45, 7) is 1.54. The van der Waals surface area contributed by atoms with Crippen molar-refractivity contribution in [2.45, 2.75) is 13.5 Å². The molecule has 0 fully saturated rings. The van der Waals surface area contributed by atoms with Crippen molar-refractivity contribution in [3.05, 3.63) is 69.8 Å². The summed E-state index contributed by atoms with van der Waals surface area (Å²) < 4.78 is 6.62. The number of rotatable bonds is 5. The third kappa shape index (κ3) is 3.46. The second-order valence-electron chi connectivity index (χ2n) is 5.42. The van der Waals surface area contributed by atoms with Crippen LogP contribution in [0.4, 0.5) is 0 Å². The topological polar surface area (TPSA) is 64.3 Å². The van der Waals surface area contributed by atoms with Crippen molar-refractivity contribution in [2.75, 3.05) is 6.61 Å². The fraction of sp³-hybridized carbons (Fsp3) is 0.158. The fourth-order valence-electron chi connectivity index (χ4n) is 2.67. The molecule has 0 atom stereocenters. The lowest BCUT2D eigenvalue weighted by Crippen LogP contribution is -2.08. The number of halogens is 2. The third-order valence-electron chi connectivity index (χ3n) is 3.81. The van der Waals surface area contributed by atoms with Crippen molar-refractivity contribution >= 4 is 29.2 Å². The van der Waals surface area contributed by atoms with Gasteiger partial charge in [0.25, 0.3) is 0 Å². The van der Waals surface area contributed by atoms with Gasteiger partial charge in [-0.05, 0) is 31.2 Å². The van der Waals surface area contributed by atoms with E-state index in [4.69, 9.17) is 27.9 Å². The van der Waals surface area contributed by atoms with Crippen molar-refractivity contribution in [1.29, 1.82) is 0 Å². The minimum absolute atomic E-state index is 0.0548. The van der Waals surface area contributed by atoms with Crippen LogP contribution in [0.2, 0.25) is 10.0 Å². The molecule has 0 radical (unpaired) electrons. The number of hydrogen-bond acceptors (Lipinski definition) is 4. The molecule has 1 N–H and O–H groups in total. The highest BCUT2D eigenvalue weighted by atomic mass is 35.5. The molecule has 0 aliphatic heterocycles. The van der Waals surface area contributed by atoms with Crippen LogP contribution in [-0.2, 0) is 11.3 Å². The number of nitrogens with zero attached hydrogens (tertiary/aromatic N) is 2. The highest BCUT2D eigenvalue weighted by Gasteiger charge is 2.25. The van der Waals surface area contributed by atoms with Gasteiger partial charge in [-0.15, -0.1) is 0 Å². The number of esters is 1. The highest BCUT2D eigenvalue weighted by molar-refractivity contribution is 6.32. The zero-order valence-electron chi connectivity index (χ0n) is 13.9. The first-order chi connectivity index (χ1) is 12.6. The van der Waals surface area contributed by atoms with Crippen LogP contribution < -0.4 is 0 Å². The average molecular weight is 391 g/mol. The molecule has 5 nitrogen and oxygen atoms in total. The number of benzene rings is 2. The van der Waals surface area contributed by atoms with Gasteiger partial charge in [0.15, 0.2) is 5.69 Å². The number of aliphatic hydroxyl groups is 1. The molecule has 26 heavy (non-hydrogen) atoms. The Morgan fingerprint density at radius 3 is 2.46 bits per heavy atom. The summed E-state index contributed by atoms with van der Waals surface area (Å²) in [4.78, 5) is 12.3. The van der Waals surface area contributed by atoms with E-state index in [1.165, 1.54) is 0 Å². The van der Waals surface area contributed by atoms with Gasteiger partial charge in [0, 0.05) is 16.1 Å². The van der Waals surface area contributed by atoms with Crippen molar-refractivity contribution in [3.8, 4) is 16.9 Å². The van der Waals surface area contributed by atoms with E-state index in [2.05, 4.69) is 5.10 Å². The van der Waals surface area contributed by atoms with E-state index in [9.17, 15) is 9.90 Å².